The number of halogens is 3. The number of aromatic nitrogens is 1. The lowest BCUT2D eigenvalue weighted by atomic mass is 9.87. The predicted molar refractivity (Wildman–Crippen MR) is 154 cm³/mol. The molecule has 0 bridgehead atoms. The van der Waals surface area contributed by atoms with Gasteiger partial charge in [0.2, 0.25) is 17.7 Å². The van der Waals surface area contributed by atoms with Crippen LogP contribution < -0.4 is 15.1 Å². The van der Waals surface area contributed by atoms with Gasteiger partial charge in [-0.25, -0.2) is 4.90 Å². The Kier molecular flexibility index (Phi) is 7.22. The van der Waals surface area contributed by atoms with Crippen LogP contribution in [0, 0.1) is 16.0 Å². The van der Waals surface area contributed by atoms with Crippen LogP contribution in [0.5, 0.6) is 0 Å². The van der Waals surface area contributed by atoms with Crippen LogP contribution in [0.1, 0.15) is 21.2 Å². The lowest BCUT2D eigenvalue weighted by Crippen LogP contribution is -2.32. The van der Waals surface area contributed by atoms with Gasteiger partial charge in [0.1, 0.15) is 11.8 Å². The number of nitrogens with one attached hydrogen (secondary N) is 1. The average molecular weight is 647 g/mol. The Labute approximate surface area is 251 Å². The molecule has 10 nitrogen and oxygen atoms in total. The Morgan fingerprint density at radius 3 is 2.42 bits per heavy atom. The first-order valence-electron chi connectivity index (χ1n) is 12.5. The molecular formula is C27H17F3N4O6S3. The molecule has 4 heterocycles. The van der Waals surface area contributed by atoms with Crippen LogP contribution in [0.4, 0.5) is 30.2 Å². The second-order valence-electron chi connectivity index (χ2n) is 9.59. The minimum atomic E-state index is -4.61. The van der Waals surface area contributed by atoms with Crippen molar-refractivity contribution in [1.29, 1.82) is 0 Å². The molecule has 0 unspecified atom stereocenters. The van der Waals surface area contributed by atoms with Crippen LogP contribution in [0.25, 0.3) is 0 Å². The number of alkyl halides is 3. The number of carbonyl (C=O) groups excluding carboxylic acids is 3. The molecule has 1 N–H and O–H groups in total. The monoisotopic (exact) mass is 646 g/mol. The van der Waals surface area contributed by atoms with Gasteiger partial charge in [-0.05, 0) is 41.8 Å². The van der Waals surface area contributed by atoms with Gasteiger partial charge in [-0.1, -0.05) is 35.2 Å². The summed E-state index contributed by atoms with van der Waals surface area (Å²) in [6.45, 7) is -0.531. The van der Waals surface area contributed by atoms with Gasteiger partial charge in [0.05, 0.1) is 27.1 Å². The fraction of sp³-hybridized carbons (Fsp3) is 0.185. The van der Waals surface area contributed by atoms with E-state index in [0.717, 1.165) is 55.6 Å². The van der Waals surface area contributed by atoms with E-state index in [1.54, 1.807) is 17.5 Å². The molecule has 0 aliphatic carbocycles. The highest BCUT2D eigenvalue weighted by atomic mass is 32.2. The Bertz CT molecular complexity index is 1840. The number of nitro benzene ring substituents is 1. The van der Waals surface area contributed by atoms with E-state index in [1.165, 1.54) is 41.7 Å². The fourth-order valence-corrected chi connectivity index (χ4v) is 8.85. The second-order valence-corrected chi connectivity index (χ2v) is 12.7. The molecule has 3 amide bonds. The van der Waals surface area contributed by atoms with Crippen LogP contribution in [0.15, 0.2) is 75.9 Å². The molecule has 1 saturated heterocycles. The van der Waals surface area contributed by atoms with E-state index in [-0.39, 0.29) is 17.1 Å². The smallest absolute Gasteiger partial charge is 0.325 e. The molecular weight excluding hydrogens is 630 g/mol. The second kappa shape index (κ2) is 10.8. The van der Waals surface area contributed by atoms with Crippen LogP contribution >= 0.6 is 34.4 Å². The van der Waals surface area contributed by atoms with Crippen molar-refractivity contribution in [3.05, 3.63) is 101 Å². The van der Waals surface area contributed by atoms with Crippen molar-refractivity contribution in [2.75, 3.05) is 10.2 Å². The van der Waals surface area contributed by atoms with E-state index in [1.807, 2.05) is 0 Å². The summed E-state index contributed by atoms with van der Waals surface area (Å²) in [4.78, 5) is 65.7. The molecule has 2 aromatic heterocycles. The third-order valence-corrected chi connectivity index (χ3v) is 10.6. The maximum absolute atomic E-state index is 13.8. The van der Waals surface area contributed by atoms with E-state index in [9.17, 15) is 42.5 Å². The van der Waals surface area contributed by atoms with Gasteiger partial charge < -0.3 is 5.32 Å². The summed E-state index contributed by atoms with van der Waals surface area (Å²) in [5, 5.41) is 14.6. The number of hydrogen-bond donors (Lipinski definition) is 1. The van der Waals surface area contributed by atoms with Gasteiger partial charge in [0, 0.05) is 33.5 Å². The first-order chi connectivity index (χ1) is 20.4. The Balaban J connectivity index is 1.34. The van der Waals surface area contributed by atoms with Gasteiger partial charge in [0.25, 0.3) is 5.69 Å². The number of thioether (sulfide) groups is 1. The minimum absolute atomic E-state index is 0.101. The molecule has 0 spiro atoms. The zero-order valence-electron chi connectivity index (χ0n) is 21.4. The standard InChI is InChI=1S/C27H17F3N4O6S3/c28-27(29,30)13-3-1-4-14(11-13)31-18(35)12-32-25-22(43-26(32)38)19(17-5-2-10-41-17)20-21(42-25)24(37)33(23(20)36)15-6-8-16(9-7-15)34(39)40/h1-11,19-21H,12H2,(H,31,35)/t19-,20+,21-/m0/s1. The van der Waals surface area contributed by atoms with Crippen molar-refractivity contribution in [2.45, 2.75) is 28.9 Å². The number of amides is 3. The fourth-order valence-electron chi connectivity index (χ4n) is 5.13. The van der Waals surface area contributed by atoms with Gasteiger partial charge >= 0.3 is 11.0 Å². The lowest BCUT2D eigenvalue weighted by Gasteiger charge is -2.29. The molecule has 2 aromatic carbocycles. The molecule has 3 atom stereocenters. The van der Waals surface area contributed by atoms with Crippen molar-refractivity contribution < 1.29 is 32.5 Å². The summed E-state index contributed by atoms with van der Waals surface area (Å²) in [7, 11) is 0. The number of imide groups is 1. The van der Waals surface area contributed by atoms with Crippen LogP contribution in [0.2, 0.25) is 0 Å². The van der Waals surface area contributed by atoms with Crippen LogP contribution in [-0.2, 0) is 27.1 Å². The van der Waals surface area contributed by atoms with Crippen molar-refractivity contribution in [3.63, 3.8) is 0 Å². The minimum Gasteiger partial charge on any atom is -0.325 e. The molecule has 4 aromatic rings. The summed E-state index contributed by atoms with van der Waals surface area (Å²) in [6, 6.07) is 12.7. The molecule has 16 heteroatoms. The molecule has 43 heavy (non-hydrogen) atoms. The van der Waals surface area contributed by atoms with Gasteiger partial charge in [-0.3, -0.25) is 33.9 Å². The quantitative estimate of drug-likeness (QED) is 0.170. The predicted octanol–water partition coefficient (Wildman–Crippen LogP) is 5.33. The normalized spacial score (nSPS) is 19.7. The number of carbonyl (C=O) groups is 3. The highest BCUT2D eigenvalue weighted by Crippen LogP contribution is 2.54. The van der Waals surface area contributed by atoms with Crippen molar-refractivity contribution >= 4 is 69.2 Å². The summed E-state index contributed by atoms with van der Waals surface area (Å²) in [6.07, 6.45) is -4.61. The number of non-ortho nitro benzene ring substituents is 1. The first kappa shape index (κ1) is 28.8. The summed E-state index contributed by atoms with van der Waals surface area (Å²) < 4.78 is 40.5. The average Bonchev–Trinajstić information content (AvgIpc) is 3.66. The van der Waals surface area contributed by atoms with Crippen molar-refractivity contribution in [1.82, 2.24) is 4.57 Å². The third-order valence-electron chi connectivity index (χ3n) is 6.99. The highest BCUT2D eigenvalue weighted by Gasteiger charge is 2.57. The van der Waals surface area contributed by atoms with Gasteiger partial charge in [0.15, 0.2) is 0 Å². The number of benzene rings is 2. The Morgan fingerprint density at radius 1 is 1.02 bits per heavy atom. The third kappa shape index (κ3) is 5.14. The van der Waals surface area contributed by atoms with E-state index < -0.39 is 62.9 Å². The summed E-state index contributed by atoms with van der Waals surface area (Å²) in [5.74, 6) is -3.40. The summed E-state index contributed by atoms with van der Waals surface area (Å²) in [5.41, 5.74) is -1.09. The van der Waals surface area contributed by atoms with Gasteiger partial charge in [-0.2, -0.15) is 13.2 Å². The molecule has 2 aliphatic rings. The van der Waals surface area contributed by atoms with E-state index in [2.05, 4.69) is 5.32 Å². The highest BCUT2D eigenvalue weighted by molar-refractivity contribution is 8.00. The van der Waals surface area contributed by atoms with E-state index >= 15 is 0 Å². The Morgan fingerprint density at radius 2 is 1.77 bits per heavy atom. The number of anilines is 2. The van der Waals surface area contributed by atoms with E-state index in [4.69, 9.17) is 0 Å². The maximum Gasteiger partial charge on any atom is 0.416 e. The van der Waals surface area contributed by atoms with Crippen molar-refractivity contribution in [3.8, 4) is 0 Å². The number of fused-ring (bicyclic) bond motifs is 2. The van der Waals surface area contributed by atoms with Gasteiger partial charge in [-0.15, -0.1) is 11.3 Å². The first-order valence-corrected chi connectivity index (χ1v) is 15.0. The lowest BCUT2D eigenvalue weighted by molar-refractivity contribution is -0.384. The summed E-state index contributed by atoms with van der Waals surface area (Å²) >= 11 is 3.16. The number of thiophene rings is 1. The zero-order chi connectivity index (χ0) is 30.6. The SMILES string of the molecule is O=C(Cn1c2c(sc1=O)[C@@H](c1cccs1)[C@H]1C(=O)N(c3ccc([N+](=O)[O-])cc3)C(=O)[C@H]1S2)Nc1cccc(C(F)(F)F)c1. The number of rotatable bonds is 6. The molecule has 2 aliphatic heterocycles. The van der Waals surface area contributed by atoms with Crippen LogP contribution in [0.3, 0.4) is 0 Å². The molecule has 6 rings (SSSR count). The number of nitrogens with zero attached hydrogens (tertiary/aromatic N) is 3. The molecule has 220 valence electrons. The molecule has 0 saturated carbocycles. The molecule has 1 fully saturated rings. The largest absolute Gasteiger partial charge is 0.416 e. The zero-order valence-corrected chi connectivity index (χ0v) is 23.9. The maximum atomic E-state index is 13.8. The topological polar surface area (TPSA) is 132 Å². The van der Waals surface area contributed by atoms with E-state index in [0.29, 0.717) is 9.90 Å². The number of nitro groups is 1. The molecule has 0 radical (unpaired) electrons. The number of thiazole rings is 1. The van der Waals surface area contributed by atoms with Crippen molar-refractivity contribution in [2.24, 2.45) is 5.92 Å². The van der Waals surface area contributed by atoms with Crippen LogP contribution in [-0.4, -0.2) is 32.5 Å². The Hall–Kier alpha value is -4.28. The number of hydrogen-bond acceptors (Lipinski definition) is 9.